The van der Waals surface area contributed by atoms with Crippen molar-refractivity contribution in [3.8, 4) is 11.1 Å². The Kier molecular flexibility index (Phi) is 4.18. The summed E-state index contributed by atoms with van der Waals surface area (Å²) in [5.74, 6) is -0.364. The second-order valence-electron chi connectivity index (χ2n) is 4.27. The Labute approximate surface area is 113 Å². The predicted molar refractivity (Wildman–Crippen MR) is 76.9 cm³/mol. The summed E-state index contributed by atoms with van der Waals surface area (Å²) in [6.07, 6.45) is 0.796. The first kappa shape index (κ1) is 13.1. The van der Waals surface area contributed by atoms with Crippen LogP contribution < -0.4 is 5.73 Å². The minimum atomic E-state index is -0.364. The number of anilines is 1. The van der Waals surface area contributed by atoms with Crippen LogP contribution in [0.25, 0.3) is 11.1 Å². The number of carbonyl (C=O) groups is 1. The number of rotatable bonds is 4. The number of benzene rings is 2. The molecule has 0 aromatic heterocycles. The molecule has 0 aliphatic heterocycles. The summed E-state index contributed by atoms with van der Waals surface area (Å²) >= 11 is 0. The molecule has 3 nitrogen and oxygen atoms in total. The van der Waals surface area contributed by atoms with Crippen molar-refractivity contribution in [2.45, 2.75) is 13.3 Å². The van der Waals surface area contributed by atoms with Crippen LogP contribution in [0.15, 0.2) is 48.5 Å². The first-order valence-corrected chi connectivity index (χ1v) is 6.35. The van der Waals surface area contributed by atoms with Gasteiger partial charge in [-0.1, -0.05) is 49.4 Å². The minimum Gasteiger partial charge on any atom is -0.462 e. The molecular weight excluding hydrogens is 238 g/mol. The number of para-hydroxylation sites is 1. The van der Waals surface area contributed by atoms with Crippen LogP contribution in [-0.4, -0.2) is 12.6 Å². The standard InChI is InChI=1S/C16H17NO2/c1-2-11-19-16(18)14-10-6-9-13(15(14)17)12-7-4-3-5-8-12/h3-10H,2,11,17H2,1H3. The monoisotopic (exact) mass is 255 g/mol. The molecule has 0 amide bonds. The molecule has 2 rings (SSSR count). The highest BCUT2D eigenvalue weighted by molar-refractivity contribution is 5.99. The van der Waals surface area contributed by atoms with Crippen LogP contribution in [0.2, 0.25) is 0 Å². The topological polar surface area (TPSA) is 52.3 Å². The normalized spacial score (nSPS) is 10.2. The molecule has 0 fully saturated rings. The average molecular weight is 255 g/mol. The molecule has 0 radical (unpaired) electrons. The van der Waals surface area contributed by atoms with Gasteiger partial charge in [-0.3, -0.25) is 0 Å². The van der Waals surface area contributed by atoms with Gasteiger partial charge in [0, 0.05) is 5.56 Å². The Morgan fingerprint density at radius 2 is 1.84 bits per heavy atom. The average Bonchev–Trinajstić information content (AvgIpc) is 2.46. The van der Waals surface area contributed by atoms with E-state index in [0.29, 0.717) is 17.9 Å². The van der Waals surface area contributed by atoms with Crippen molar-refractivity contribution in [1.82, 2.24) is 0 Å². The maximum atomic E-state index is 11.9. The summed E-state index contributed by atoms with van der Waals surface area (Å²) in [6, 6.07) is 15.2. The van der Waals surface area contributed by atoms with Crippen LogP contribution in [-0.2, 0) is 4.74 Å². The fraction of sp³-hybridized carbons (Fsp3) is 0.188. The number of esters is 1. The van der Waals surface area contributed by atoms with Gasteiger partial charge in [-0.2, -0.15) is 0 Å². The Morgan fingerprint density at radius 1 is 1.11 bits per heavy atom. The molecule has 0 saturated carbocycles. The summed E-state index contributed by atoms with van der Waals surface area (Å²) in [4.78, 5) is 11.9. The number of carbonyl (C=O) groups excluding carboxylic acids is 1. The first-order chi connectivity index (χ1) is 9.24. The van der Waals surface area contributed by atoms with Gasteiger partial charge in [0.2, 0.25) is 0 Å². The molecule has 0 aliphatic rings. The summed E-state index contributed by atoms with van der Waals surface area (Å²) in [7, 11) is 0. The van der Waals surface area contributed by atoms with Crippen LogP contribution in [0, 0.1) is 0 Å². The van der Waals surface area contributed by atoms with Gasteiger partial charge in [0.1, 0.15) is 0 Å². The van der Waals surface area contributed by atoms with E-state index >= 15 is 0 Å². The predicted octanol–water partition coefficient (Wildman–Crippen LogP) is 3.50. The zero-order chi connectivity index (χ0) is 13.7. The van der Waals surface area contributed by atoms with Gasteiger partial charge in [-0.05, 0) is 18.1 Å². The van der Waals surface area contributed by atoms with Crippen molar-refractivity contribution in [3.63, 3.8) is 0 Å². The third-order valence-electron chi connectivity index (χ3n) is 2.85. The van der Waals surface area contributed by atoms with Crippen molar-refractivity contribution in [3.05, 3.63) is 54.1 Å². The molecule has 0 saturated heterocycles. The molecule has 3 heteroatoms. The quantitative estimate of drug-likeness (QED) is 0.672. The molecule has 0 unspecified atom stereocenters. The van der Waals surface area contributed by atoms with E-state index in [1.54, 1.807) is 6.07 Å². The summed E-state index contributed by atoms with van der Waals surface area (Å²) in [5, 5.41) is 0. The molecular formula is C16H17NO2. The maximum absolute atomic E-state index is 11.9. The molecule has 0 heterocycles. The number of hydrogen-bond donors (Lipinski definition) is 1. The van der Waals surface area contributed by atoms with Crippen molar-refractivity contribution in [2.24, 2.45) is 0 Å². The molecule has 0 bridgehead atoms. The smallest absolute Gasteiger partial charge is 0.340 e. The van der Waals surface area contributed by atoms with Gasteiger partial charge in [0.05, 0.1) is 17.9 Å². The number of hydrogen-bond acceptors (Lipinski definition) is 3. The van der Waals surface area contributed by atoms with Crippen molar-refractivity contribution >= 4 is 11.7 Å². The van der Waals surface area contributed by atoms with E-state index in [-0.39, 0.29) is 5.97 Å². The Balaban J connectivity index is 2.36. The molecule has 98 valence electrons. The number of nitrogens with two attached hydrogens (primary N) is 1. The third-order valence-corrected chi connectivity index (χ3v) is 2.85. The first-order valence-electron chi connectivity index (χ1n) is 6.35. The molecule has 19 heavy (non-hydrogen) atoms. The Bertz CT molecular complexity index is 564. The van der Waals surface area contributed by atoms with E-state index in [9.17, 15) is 4.79 Å². The molecule has 0 atom stereocenters. The second-order valence-corrected chi connectivity index (χ2v) is 4.27. The number of nitrogen functional groups attached to an aromatic ring is 1. The zero-order valence-corrected chi connectivity index (χ0v) is 10.9. The van der Waals surface area contributed by atoms with Gasteiger partial charge < -0.3 is 10.5 Å². The molecule has 2 aromatic rings. The van der Waals surface area contributed by atoms with Crippen molar-refractivity contribution in [1.29, 1.82) is 0 Å². The maximum Gasteiger partial charge on any atom is 0.340 e. The zero-order valence-electron chi connectivity index (χ0n) is 10.9. The van der Waals surface area contributed by atoms with Gasteiger partial charge in [-0.15, -0.1) is 0 Å². The van der Waals surface area contributed by atoms with Crippen LogP contribution in [0.1, 0.15) is 23.7 Å². The van der Waals surface area contributed by atoms with Gasteiger partial charge >= 0.3 is 5.97 Å². The molecule has 2 N–H and O–H groups in total. The highest BCUT2D eigenvalue weighted by Gasteiger charge is 2.14. The molecule has 0 aliphatic carbocycles. The van der Waals surface area contributed by atoms with Crippen molar-refractivity contribution in [2.75, 3.05) is 12.3 Å². The fourth-order valence-corrected chi connectivity index (χ4v) is 1.89. The fourth-order valence-electron chi connectivity index (χ4n) is 1.89. The van der Waals surface area contributed by atoms with Gasteiger partial charge in [0.15, 0.2) is 0 Å². The van der Waals surface area contributed by atoms with E-state index in [2.05, 4.69) is 0 Å². The van der Waals surface area contributed by atoms with E-state index in [1.807, 2.05) is 49.4 Å². The van der Waals surface area contributed by atoms with E-state index in [1.165, 1.54) is 0 Å². The Morgan fingerprint density at radius 3 is 2.53 bits per heavy atom. The van der Waals surface area contributed by atoms with E-state index in [4.69, 9.17) is 10.5 Å². The summed E-state index contributed by atoms with van der Waals surface area (Å²) < 4.78 is 5.13. The van der Waals surface area contributed by atoms with Crippen molar-refractivity contribution < 1.29 is 9.53 Å². The van der Waals surface area contributed by atoms with E-state index in [0.717, 1.165) is 17.5 Å². The lowest BCUT2D eigenvalue weighted by Gasteiger charge is -2.10. The van der Waals surface area contributed by atoms with Crippen LogP contribution >= 0.6 is 0 Å². The Hall–Kier alpha value is -2.29. The summed E-state index contributed by atoms with van der Waals surface area (Å²) in [6.45, 7) is 2.37. The lowest BCUT2D eigenvalue weighted by molar-refractivity contribution is 0.0506. The van der Waals surface area contributed by atoms with Crippen LogP contribution in [0.3, 0.4) is 0 Å². The molecule has 2 aromatic carbocycles. The highest BCUT2D eigenvalue weighted by atomic mass is 16.5. The third kappa shape index (κ3) is 2.94. The highest BCUT2D eigenvalue weighted by Crippen LogP contribution is 2.28. The van der Waals surface area contributed by atoms with Gasteiger partial charge in [-0.25, -0.2) is 4.79 Å². The lowest BCUT2D eigenvalue weighted by atomic mass is 10.0. The SMILES string of the molecule is CCCOC(=O)c1cccc(-c2ccccc2)c1N. The second kappa shape index (κ2) is 6.05. The van der Waals surface area contributed by atoms with Crippen LogP contribution in [0.4, 0.5) is 5.69 Å². The van der Waals surface area contributed by atoms with E-state index < -0.39 is 0 Å². The van der Waals surface area contributed by atoms with Crippen LogP contribution in [0.5, 0.6) is 0 Å². The van der Waals surface area contributed by atoms with Gasteiger partial charge in [0.25, 0.3) is 0 Å². The largest absolute Gasteiger partial charge is 0.462 e. The number of ether oxygens (including phenoxy) is 1. The lowest BCUT2D eigenvalue weighted by Crippen LogP contribution is -2.09. The molecule has 0 spiro atoms. The minimum absolute atomic E-state index is 0.364. The summed E-state index contributed by atoms with van der Waals surface area (Å²) in [5.41, 5.74) is 8.82.